The average molecular weight is 501 g/mol. The van der Waals surface area contributed by atoms with E-state index in [2.05, 4.69) is 0 Å². The van der Waals surface area contributed by atoms with Crippen molar-refractivity contribution in [2.75, 3.05) is 6.61 Å². The molecule has 0 bridgehead atoms. The van der Waals surface area contributed by atoms with Crippen LogP contribution < -0.4 is 4.74 Å². The van der Waals surface area contributed by atoms with Gasteiger partial charge in [-0.25, -0.2) is 9.59 Å². The number of halogens is 4. The van der Waals surface area contributed by atoms with E-state index in [0.29, 0.717) is 18.9 Å². The van der Waals surface area contributed by atoms with E-state index in [-0.39, 0.29) is 12.2 Å². The van der Waals surface area contributed by atoms with Gasteiger partial charge in [-0.15, -0.1) is 0 Å². The number of benzene rings is 2. The molecule has 3 rings (SSSR count). The molecule has 1 fully saturated rings. The molecule has 0 N–H and O–H groups in total. The Balaban J connectivity index is 2.02. The molecular weight excluding hydrogens is 477 g/mol. The summed E-state index contributed by atoms with van der Waals surface area (Å²) in [5.74, 6) is -4.11. The topological polar surface area (TPSA) is 71.1 Å². The lowest BCUT2D eigenvalue weighted by atomic mass is 9.98. The Morgan fingerprint density at radius 2 is 1.71 bits per heavy atom. The zero-order chi connectivity index (χ0) is 24.8. The Hall–Kier alpha value is -2.94. The lowest BCUT2D eigenvalue weighted by molar-refractivity contribution is -0.211. The molecule has 0 saturated heterocycles. The van der Waals surface area contributed by atoms with Crippen molar-refractivity contribution in [3.63, 3.8) is 0 Å². The highest BCUT2D eigenvalue weighted by molar-refractivity contribution is 6.31. The summed E-state index contributed by atoms with van der Waals surface area (Å²) in [5, 5.41) is -0.557. The van der Waals surface area contributed by atoms with Crippen LogP contribution in [0.25, 0.3) is 0 Å². The summed E-state index contributed by atoms with van der Waals surface area (Å²) in [7, 11) is 0. The third-order valence-electron chi connectivity index (χ3n) is 5.24. The van der Waals surface area contributed by atoms with Crippen LogP contribution in [0.15, 0.2) is 48.5 Å². The first-order valence-electron chi connectivity index (χ1n) is 10.8. The van der Waals surface area contributed by atoms with E-state index in [0.717, 1.165) is 31.4 Å². The van der Waals surface area contributed by atoms with Crippen LogP contribution in [-0.2, 0) is 31.0 Å². The van der Waals surface area contributed by atoms with Crippen LogP contribution in [-0.4, -0.2) is 24.8 Å². The molecule has 0 heterocycles. The highest BCUT2D eigenvalue weighted by Crippen LogP contribution is 2.39. The molecule has 2 aromatic rings. The minimum Gasteiger partial charge on any atom is -0.460 e. The van der Waals surface area contributed by atoms with Crippen molar-refractivity contribution < 1.29 is 41.7 Å². The normalized spacial score (nSPS) is 16.3. The van der Waals surface area contributed by atoms with Crippen LogP contribution in [0.4, 0.5) is 18.0 Å². The highest BCUT2D eigenvalue weighted by Gasteiger charge is 2.50. The van der Waals surface area contributed by atoms with Gasteiger partial charge >= 0.3 is 24.1 Å². The van der Waals surface area contributed by atoms with E-state index >= 15 is 0 Å². The minimum atomic E-state index is -4.78. The number of carbonyl (C=O) groups is 2. The molecule has 1 atom stereocenters. The van der Waals surface area contributed by atoms with Crippen LogP contribution in [0, 0.1) is 0 Å². The Morgan fingerprint density at radius 1 is 1.03 bits per heavy atom. The molecule has 184 valence electrons. The molecule has 0 aliphatic heterocycles. The van der Waals surface area contributed by atoms with E-state index < -0.39 is 46.5 Å². The molecule has 0 radical (unpaired) electrons. The van der Waals surface area contributed by atoms with Crippen LogP contribution >= 0.6 is 11.6 Å². The second-order valence-electron chi connectivity index (χ2n) is 7.67. The summed E-state index contributed by atoms with van der Waals surface area (Å²) in [6.07, 6.45) is -2.33. The van der Waals surface area contributed by atoms with Gasteiger partial charge < -0.3 is 18.9 Å². The second-order valence-corrected chi connectivity index (χ2v) is 8.08. The van der Waals surface area contributed by atoms with Gasteiger partial charge in [0.2, 0.25) is 0 Å². The largest absolute Gasteiger partial charge is 0.512 e. The molecule has 6 nitrogen and oxygen atoms in total. The van der Waals surface area contributed by atoms with E-state index in [9.17, 15) is 22.8 Å². The maximum Gasteiger partial charge on any atom is 0.512 e. The first-order valence-corrected chi connectivity index (χ1v) is 11.2. The number of ether oxygens (including phenoxy) is 4. The SMILES string of the molecule is CCOC(=O)C(OC(=O)OC1CCCCC1)(Oc1ccc(Cl)c(C(F)(F)F)c1)c1ccccc1. The number of hydrogen-bond donors (Lipinski definition) is 0. The summed E-state index contributed by atoms with van der Waals surface area (Å²) < 4.78 is 61.8. The summed E-state index contributed by atoms with van der Waals surface area (Å²) in [5.41, 5.74) is -1.15. The lowest BCUT2D eigenvalue weighted by Gasteiger charge is -2.32. The third-order valence-corrected chi connectivity index (χ3v) is 5.57. The molecule has 0 amide bonds. The molecule has 0 aromatic heterocycles. The molecule has 1 unspecified atom stereocenters. The van der Waals surface area contributed by atoms with Gasteiger partial charge in [0, 0.05) is 5.56 Å². The second kappa shape index (κ2) is 11.0. The molecule has 34 heavy (non-hydrogen) atoms. The van der Waals surface area contributed by atoms with Gasteiger partial charge in [0.05, 0.1) is 17.2 Å². The van der Waals surface area contributed by atoms with Gasteiger partial charge in [-0.1, -0.05) is 48.4 Å². The summed E-state index contributed by atoms with van der Waals surface area (Å²) >= 11 is 5.70. The predicted octanol–water partition coefficient (Wildman–Crippen LogP) is 6.64. The molecule has 1 aliphatic carbocycles. The number of rotatable bonds is 7. The molecule has 2 aromatic carbocycles. The van der Waals surface area contributed by atoms with Crippen molar-refractivity contribution in [3.8, 4) is 5.75 Å². The monoisotopic (exact) mass is 500 g/mol. The Kier molecular flexibility index (Phi) is 8.30. The van der Waals surface area contributed by atoms with Gasteiger partial charge in [-0.05, 0) is 50.8 Å². The van der Waals surface area contributed by atoms with Crippen LogP contribution in [0.5, 0.6) is 5.75 Å². The Bertz CT molecular complexity index is 992. The van der Waals surface area contributed by atoms with Gasteiger partial charge in [0.25, 0.3) is 0 Å². The number of carbonyl (C=O) groups excluding carboxylic acids is 2. The summed E-state index contributed by atoms with van der Waals surface area (Å²) in [6.45, 7) is 1.42. The zero-order valence-corrected chi connectivity index (χ0v) is 19.2. The predicted molar refractivity (Wildman–Crippen MR) is 116 cm³/mol. The van der Waals surface area contributed by atoms with Crippen molar-refractivity contribution in [2.45, 2.75) is 57.1 Å². The van der Waals surface area contributed by atoms with Gasteiger partial charge in [0.15, 0.2) is 0 Å². The van der Waals surface area contributed by atoms with Gasteiger partial charge in [0.1, 0.15) is 11.9 Å². The van der Waals surface area contributed by atoms with Crippen molar-refractivity contribution in [3.05, 3.63) is 64.7 Å². The molecule has 0 spiro atoms. The first-order chi connectivity index (χ1) is 16.2. The number of esters is 1. The van der Waals surface area contributed by atoms with Crippen molar-refractivity contribution in [1.29, 1.82) is 0 Å². The zero-order valence-electron chi connectivity index (χ0n) is 18.4. The van der Waals surface area contributed by atoms with Gasteiger partial charge in [-0.2, -0.15) is 13.2 Å². The Labute approximate surface area is 199 Å². The van der Waals surface area contributed by atoms with Crippen LogP contribution in [0.1, 0.15) is 50.2 Å². The number of hydrogen-bond acceptors (Lipinski definition) is 6. The standard InChI is InChI=1S/C24H24ClF3O6/c1-2-31-21(29)23(16-9-5-3-6-10-16,34-22(30)32-17-11-7-4-8-12-17)33-18-13-14-20(25)19(15-18)24(26,27)28/h3,5-6,9-10,13-15,17H,2,4,7-8,11-12H2,1H3. The summed E-state index contributed by atoms with van der Waals surface area (Å²) in [4.78, 5) is 25.9. The fourth-order valence-electron chi connectivity index (χ4n) is 3.64. The third kappa shape index (κ3) is 6.14. The smallest absolute Gasteiger partial charge is 0.460 e. The van der Waals surface area contributed by atoms with E-state index in [4.69, 9.17) is 30.5 Å². The molecule has 1 aliphatic rings. The maximum atomic E-state index is 13.4. The van der Waals surface area contributed by atoms with E-state index in [1.165, 1.54) is 19.1 Å². The summed E-state index contributed by atoms with van der Waals surface area (Å²) in [6, 6.07) is 10.3. The first kappa shape index (κ1) is 25.7. The minimum absolute atomic E-state index is 0.0255. The van der Waals surface area contributed by atoms with Crippen molar-refractivity contribution >= 4 is 23.7 Å². The number of alkyl halides is 3. The fourth-order valence-corrected chi connectivity index (χ4v) is 3.86. The molecule has 10 heteroatoms. The maximum absolute atomic E-state index is 13.4. The quantitative estimate of drug-likeness (QED) is 0.313. The molecule has 1 saturated carbocycles. The molecular formula is C24H24ClF3O6. The fraction of sp³-hybridized carbons (Fsp3) is 0.417. The average Bonchev–Trinajstić information content (AvgIpc) is 2.80. The van der Waals surface area contributed by atoms with E-state index in [1.54, 1.807) is 18.2 Å². The van der Waals surface area contributed by atoms with Crippen LogP contribution in [0.2, 0.25) is 5.02 Å². The van der Waals surface area contributed by atoms with Gasteiger partial charge in [-0.3, -0.25) is 0 Å². The van der Waals surface area contributed by atoms with Crippen molar-refractivity contribution in [2.24, 2.45) is 0 Å². The Morgan fingerprint density at radius 3 is 2.32 bits per heavy atom. The van der Waals surface area contributed by atoms with Crippen molar-refractivity contribution in [1.82, 2.24) is 0 Å². The highest BCUT2D eigenvalue weighted by atomic mass is 35.5. The van der Waals surface area contributed by atoms with E-state index in [1.807, 2.05) is 0 Å². The van der Waals surface area contributed by atoms with Crippen LogP contribution in [0.3, 0.4) is 0 Å². The lowest BCUT2D eigenvalue weighted by Crippen LogP contribution is -2.47.